The minimum absolute atomic E-state index is 0.0103. The van der Waals surface area contributed by atoms with E-state index in [-0.39, 0.29) is 30.8 Å². The molecular formula is C21H32O5. The number of rotatable bonds is 8. The summed E-state index contributed by atoms with van der Waals surface area (Å²) >= 11 is 0. The number of hydrogen-bond donors (Lipinski definition) is 3. The molecule has 1 rings (SSSR count). The Morgan fingerprint density at radius 3 is 2.15 bits per heavy atom. The van der Waals surface area contributed by atoms with E-state index in [1.165, 1.54) is 0 Å². The first kappa shape index (κ1) is 22.3. The Balaban J connectivity index is 3.38. The van der Waals surface area contributed by atoms with Gasteiger partial charge in [0.1, 0.15) is 11.3 Å². The van der Waals surface area contributed by atoms with Gasteiger partial charge in [0.25, 0.3) is 0 Å². The summed E-state index contributed by atoms with van der Waals surface area (Å²) in [4.78, 5) is 25.3. The highest BCUT2D eigenvalue weighted by atomic mass is 16.4. The summed E-state index contributed by atoms with van der Waals surface area (Å²) in [7, 11) is 0. The van der Waals surface area contributed by atoms with E-state index in [2.05, 4.69) is 0 Å². The van der Waals surface area contributed by atoms with Crippen LogP contribution < -0.4 is 0 Å². The van der Waals surface area contributed by atoms with Gasteiger partial charge in [-0.3, -0.25) is 9.59 Å². The van der Waals surface area contributed by atoms with Gasteiger partial charge in [-0.05, 0) is 46.5 Å². The summed E-state index contributed by atoms with van der Waals surface area (Å²) in [5, 5.41) is 32.4. The fraction of sp³-hybridized carbons (Fsp3) is 0.619. The number of Topliss-reactive ketones (excluding diaryl/α,β-unsaturated/α-hetero) is 2. The first-order chi connectivity index (χ1) is 11.9. The fourth-order valence-electron chi connectivity index (χ4n) is 3.16. The lowest BCUT2D eigenvalue weighted by Gasteiger charge is -2.33. The molecular weight excluding hydrogens is 332 g/mol. The summed E-state index contributed by atoms with van der Waals surface area (Å²) in [6.07, 6.45) is 2.43. The molecule has 3 atom stereocenters. The van der Waals surface area contributed by atoms with E-state index < -0.39 is 34.9 Å². The molecule has 5 nitrogen and oxygen atoms in total. The maximum Gasteiger partial charge on any atom is 0.176 e. The minimum Gasteiger partial charge on any atom is -0.508 e. The largest absolute Gasteiger partial charge is 0.508 e. The number of carbonyl (C=O) groups excluding carboxylic acids is 2. The predicted octanol–water partition coefficient (Wildman–Crippen LogP) is 3.42. The zero-order valence-electron chi connectivity index (χ0n) is 16.7. The molecule has 0 heterocycles. The highest BCUT2D eigenvalue weighted by Crippen LogP contribution is 2.43. The molecule has 0 radical (unpaired) electrons. The molecule has 0 amide bonds. The van der Waals surface area contributed by atoms with Crippen LogP contribution in [-0.2, 0) is 9.59 Å². The van der Waals surface area contributed by atoms with Gasteiger partial charge in [0.2, 0.25) is 0 Å². The van der Waals surface area contributed by atoms with Crippen molar-refractivity contribution >= 4 is 11.6 Å². The average molecular weight is 364 g/mol. The lowest BCUT2D eigenvalue weighted by Crippen LogP contribution is -2.49. The maximum absolute atomic E-state index is 12.9. The molecule has 0 saturated carbocycles. The van der Waals surface area contributed by atoms with E-state index in [1.807, 2.05) is 41.5 Å². The van der Waals surface area contributed by atoms with Crippen molar-refractivity contribution < 1.29 is 24.9 Å². The summed E-state index contributed by atoms with van der Waals surface area (Å²) in [6, 6.07) is 0. The number of aliphatic hydroxyl groups is 3. The normalized spacial score (nSPS) is 24.0. The van der Waals surface area contributed by atoms with Gasteiger partial charge in [-0.1, -0.05) is 37.1 Å². The molecule has 5 heteroatoms. The first-order valence-electron chi connectivity index (χ1n) is 9.11. The second kappa shape index (κ2) is 8.78. The Labute approximate surface area is 156 Å². The molecule has 0 fully saturated rings. The van der Waals surface area contributed by atoms with Gasteiger partial charge in [-0.2, -0.15) is 0 Å². The van der Waals surface area contributed by atoms with E-state index in [9.17, 15) is 24.9 Å². The third-order valence-electron chi connectivity index (χ3n) is 4.60. The van der Waals surface area contributed by atoms with Crippen LogP contribution in [0.3, 0.4) is 0 Å². The molecule has 0 aromatic carbocycles. The molecule has 0 aromatic heterocycles. The minimum atomic E-state index is -2.16. The SMILES string of the molecule is CC(C)=CCC(O)[C@]1(O)C(O)=C(C(=O)CC(C)C)C(=O)[C@@H]1CC=C(C)C. The number of carbonyl (C=O) groups is 2. The lowest BCUT2D eigenvalue weighted by atomic mass is 9.80. The second-order valence-corrected chi connectivity index (χ2v) is 8.04. The van der Waals surface area contributed by atoms with E-state index in [0.29, 0.717) is 0 Å². The summed E-state index contributed by atoms with van der Waals surface area (Å²) in [6.45, 7) is 11.1. The van der Waals surface area contributed by atoms with Gasteiger partial charge in [-0.25, -0.2) is 0 Å². The van der Waals surface area contributed by atoms with Gasteiger partial charge < -0.3 is 15.3 Å². The fourth-order valence-corrected chi connectivity index (χ4v) is 3.16. The number of aliphatic hydroxyl groups excluding tert-OH is 2. The molecule has 0 saturated heterocycles. The van der Waals surface area contributed by atoms with Crippen LogP contribution in [0.15, 0.2) is 34.6 Å². The molecule has 146 valence electrons. The highest BCUT2D eigenvalue weighted by Gasteiger charge is 2.58. The van der Waals surface area contributed by atoms with E-state index in [0.717, 1.165) is 11.1 Å². The molecule has 0 aromatic rings. The predicted molar refractivity (Wildman–Crippen MR) is 102 cm³/mol. The third kappa shape index (κ3) is 4.71. The highest BCUT2D eigenvalue weighted by molar-refractivity contribution is 6.23. The van der Waals surface area contributed by atoms with Gasteiger partial charge in [0, 0.05) is 6.42 Å². The average Bonchev–Trinajstić information content (AvgIpc) is 2.69. The quantitative estimate of drug-likeness (QED) is 0.453. The van der Waals surface area contributed by atoms with Gasteiger partial charge in [-0.15, -0.1) is 0 Å². The lowest BCUT2D eigenvalue weighted by molar-refractivity contribution is -0.134. The molecule has 1 aliphatic rings. The Kier molecular flexibility index (Phi) is 7.54. The van der Waals surface area contributed by atoms with Crippen molar-refractivity contribution in [2.24, 2.45) is 11.8 Å². The van der Waals surface area contributed by atoms with E-state index >= 15 is 0 Å². The van der Waals surface area contributed by atoms with Crippen LogP contribution in [0.1, 0.15) is 60.8 Å². The molecule has 1 aliphatic carbocycles. The van der Waals surface area contributed by atoms with Crippen molar-refractivity contribution in [3.8, 4) is 0 Å². The molecule has 3 N–H and O–H groups in total. The van der Waals surface area contributed by atoms with Crippen LogP contribution in [-0.4, -0.2) is 38.6 Å². The van der Waals surface area contributed by atoms with E-state index in [4.69, 9.17) is 0 Å². The van der Waals surface area contributed by atoms with Crippen molar-refractivity contribution in [1.82, 2.24) is 0 Å². The van der Waals surface area contributed by atoms with Crippen molar-refractivity contribution in [2.45, 2.75) is 72.5 Å². The van der Waals surface area contributed by atoms with Crippen molar-refractivity contribution in [2.75, 3.05) is 0 Å². The Morgan fingerprint density at radius 2 is 1.69 bits per heavy atom. The topological polar surface area (TPSA) is 94.8 Å². The zero-order chi connectivity index (χ0) is 20.2. The Bertz CT molecular complexity index is 645. The van der Waals surface area contributed by atoms with Crippen LogP contribution in [0, 0.1) is 11.8 Å². The molecule has 0 aliphatic heterocycles. The van der Waals surface area contributed by atoms with Gasteiger partial charge in [0.05, 0.1) is 12.0 Å². The Morgan fingerprint density at radius 1 is 1.15 bits per heavy atom. The van der Waals surface area contributed by atoms with Gasteiger partial charge in [0.15, 0.2) is 17.2 Å². The molecule has 1 unspecified atom stereocenters. The maximum atomic E-state index is 12.9. The second-order valence-electron chi connectivity index (χ2n) is 8.04. The summed E-state index contributed by atoms with van der Waals surface area (Å²) < 4.78 is 0. The molecule has 26 heavy (non-hydrogen) atoms. The van der Waals surface area contributed by atoms with Crippen molar-refractivity contribution in [3.63, 3.8) is 0 Å². The van der Waals surface area contributed by atoms with Gasteiger partial charge >= 0.3 is 0 Å². The number of hydrogen-bond acceptors (Lipinski definition) is 5. The monoisotopic (exact) mass is 364 g/mol. The third-order valence-corrected chi connectivity index (χ3v) is 4.60. The van der Waals surface area contributed by atoms with E-state index in [1.54, 1.807) is 12.2 Å². The smallest absolute Gasteiger partial charge is 0.176 e. The molecule has 0 bridgehead atoms. The zero-order valence-corrected chi connectivity index (χ0v) is 16.7. The van der Waals surface area contributed by atoms with Crippen LogP contribution >= 0.6 is 0 Å². The number of allylic oxidation sites excluding steroid dienone is 4. The van der Waals surface area contributed by atoms with Crippen LogP contribution in [0.5, 0.6) is 0 Å². The Hall–Kier alpha value is -1.72. The van der Waals surface area contributed by atoms with Crippen molar-refractivity contribution in [1.29, 1.82) is 0 Å². The summed E-state index contributed by atoms with van der Waals surface area (Å²) in [5.74, 6) is -2.84. The number of ketones is 2. The molecule has 0 spiro atoms. The van der Waals surface area contributed by atoms with Crippen molar-refractivity contribution in [3.05, 3.63) is 34.6 Å². The standard InChI is InChI=1S/C21H32O5/c1-12(2)7-9-15-19(24)18(16(22)11-14(5)6)20(25)21(15,26)17(23)10-8-13(3)4/h7-8,14-15,17,23,25-26H,9-11H2,1-6H3/t15-,17?,21-/m0/s1. The van der Waals surface area contributed by atoms with Crippen LogP contribution in [0.4, 0.5) is 0 Å². The first-order valence-corrected chi connectivity index (χ1v) is 9.11. The summed E-state index contributed by atoms with van der Waals surface area (Å²) in [5.41, 5.74) is -0.626. The van der Waals surface area contributed by atoms with Crippen LogP contribution in [0.2, 0.25) is 0 Å². The van der Waals surface area contributed by atoms with Crippen LogP contribution in [0.25, 0.3) is 0 Å².